The second-order valence-corrected chi connectivity index (χ2v) is 4.21. The van der Waals surface area contributed by atoms with Crippen molar-refractivity contribution >= 4 is 11.0 Å². The number of nitrogens with zero attached hydrogens (tertiary/aromatic N) is 3. The Morgan fingerprint density at radius 1 is 1.06 bits per heavy atom. The van der Waals surface area contributed by atoms with Gasteiger partial charge >= 0.3 is 0 Å². The Balaban J connectivity index is 2.36. The molecule has 3 aromatic rings. The van der Waals surface area contributed by atoms with Crippen molar-refractivity contribution in [3.8, 4) is 11.8 Å². The number of aromatic nitrogens is 2. The average molecular weight is 234 g/mol. The predicted molar refractivity (Wildman–Crippen MR) is 69.2 cm³/mol. The summed E-state index contributed by atoms with van der Waals surface area (Å²) in [7, 11) is 2.01. The summed E-state index contributed by atoms with van der Waals surface area (Å²) >= 11 is 0. The van der Waals surface area contributed by atoms with Crippen LogP contribution in [0.2, 0.25) is 0 Å². The first-order valence-electron chi connectivity index (χ1n) is 5.76. The number of aryl methyl sites for hydroxylation is 1. The van der Waals surface area contributed by atoms with Crippen molar-refractivity contribution in [2.75, 3.05) is 0 Å². The first kappa shape index (κ1) is 10.5. The summed E-state index contributed by atoms with van der Waals surface area (Å²) in [5.41, 5.74) is 3.84. The minimum absolute atomic E-state index is 0.679. The fraction of sp³-hybridized carbons (Fsp3) is 0.0667. The number of hydrogen-bond donors (Lipinski definition) is 0. The third kappa shape index (κ3) is 1.47. The van der Waals surface area contributed by atoms with Gasteiger partial charge in [-0.1, -0.05) is 24.3 Å². The second-order valence-electron chi connectivity index (χ2n) is 4.21. The van der Waals surface area contributed by atoms with E-state index >= 15 is 0 Å². The highest BCUT2D eigenvalue weighted by Crippen LogP contribution is 2.19. The molecule has 0 spiro atoms. The minimum Gasteiger partial charge on any atom is -0.232 e. The maximum absolute atomic E-state index is 9.19. The van der Waals surface area contributed by atoms with Crippen LogP contribution in [0.25, 0.3) is 16.7 Å². The summed E-state index contributed by atoms with van der Waals surface area (Å²) in [6.45, 7) is 0. The molecule has 0 aliphatic carbocycles. The van der Waals surface area contributed by atoms with Gasteiger partial charge in [-0.25, -0.2) is 4.57 Å². The number of benzene rings is 2. The Labute approximate surface area is 105 Å². The van der Waals surface area contributed by atoms with E-state index in [2.05, 4.69) is 22.8 Å². The molecular weight excluding hydrogens is 222 g/mol. The summed E-state index contributed by atoms with van der Waals surface area (Å²) in [6, 6.07) is 18.0. The normalized spacial score (nSPS) is 10.4. The first-order valence-corrected chi connectivity index (χ1v) is 5.76. The van der Waals surface area contributed by atoms with Gasteiger partial charge in [-0.3, -0.25) is 0 Å². The van der Waals surface area contributed by atoms with Crippen LogP contribution in [-0.4, -0.2) is 4.57 Å². The molecule has 0 unspecified atom stereocenters. The van der Waals surface area contributed by atoms with Crippen molar-refractivity contribution in [1.29, 1.82) is 5.26 Å². The zero-order valence-corrected chi connectivity index (χ0v) is 10.0. The molecule has 86 valence electrons. The smallest absolute Gasteiger partial charge is 0.232 e. The third-order valence-electron chi connectivity index (χ3n) is 3.09. The minimum atomic E-state index is 0.679. The monoisotopic (exact) mass is 234 g/mol. The molecule has 0 fully saturated rings. The maximum Gasteiger partial charge on any atom is 0.249 e. The van der Waals surface area contributed by atoms with E-state index in [4.69, 9.17) is 0 Å². The molecule has 0 atom stereocenters. The van der Waals surface area contributed by atoms with Gasteiger partial charge in [0.1, 0.15) is 6.07 Å². The number of para-hydroxylation sites is 3. The van der Waals surface area contributed by atoms with E-state index in [0.29, 0.717) is 5.56 Å². The van der Waals surface area contributed by atoms with Crippen LogP contribution in [0.1, 0.15) is 5.56 Å². The largest absolute Gasteiger partial charge is 0.249 e. The van der Waals surface area contributed by atoms with E-state index in [1.807, 2.05) is 54.3 Å². The van der Waals surface area contributed by atoms with Gasteiger partial charge in [-0.15, -0.1) is 0 Å². The van der Waals surface area contributed by atoms with Crippen LogP contribution >= 0.6 is 0 Å². The lowest BCUT2D eigenvalue weighted by Gasteiger charge is -1.98. The molecule has 0 bridgehead atoms. The Hall–Kier alpha value is -2.60. The van der Waals surface area contributed by atoms with E-state index in [9.17, 15) is 5.26 Å². The van der Waals surface area contributed by atoms with E-state index in [1.54, 1.807) is 0 Å². The van der Waals surface area contributed by atoms with E-state index in [0.717, 1.165) is 16.7 Å². The fourth-order valence-corrected chi connectivity index (χ4v) is 2.23. The van der Waals surface area contributed by atoms with E-state index in [-0.39, 0.29) is 0 Å². The Morgan fingerprint density at radius 2 is 1.78 bits per heavy atom. The van der Waals surface area contributed by atoms with E-state index < -0.39 is 0 Å². The van der Waals surface area contributed by atoms with Crippen LogP contribution in [0.3, 0.4) is 0 Å². The summed E-state index contributed by atoms with van der Waals surface area (Å²) in [6.07, 6.45) is 2.00. The van der Waals surface area contributed by atoms with Gasteiger partial charge in [-0.2, -0.15) is 9.83 Å². The van der Waals surface area contributed by atoms with Crippen LogP contribution in [0.15, 0.2) is 54.9 Å². The van der Waals surface area contributed by atoms with Crippen molar-refractivity contribution < 1.29 is 4.57 Å². The van der Waals surface area contributed by atoms with Crippen molar-refractivity contribution in [3.63, 3.8) is 0 Å². The first-order chi connectivity index (χ1) is 8.81. The predicted octanol–water partition coefficient (Wildman–Crippen LogP) is 2.33. The molecule has 0 aliphatic heterocycles. The second kappa shape index (κ2) is 4.01. The van der Waals surface area contributed by atoms with Gasteiger partial charge in [0, 0.05) is 0 Å². The molecule has 3 heteroatoms. The van der Waals surface area contributed by atoms with Gasteiger partial charge in [0.2, 0.25) is 6.33 Å². The zero-order valence-electron chi connectivity index (χ0n) is 10.0. The maximum atomic E-state index is 9.19. The Morgan fingerprint density at radius 3 is 2.61 bits per heavy atom. The fourth-order valence-electron chi connectivity index (χ4n) is 2.23. The van der Waals surface area contributed by atoms with Gasteiger partial charge in [0.25, 0.3) is 0 Å². The topological polar surface area (TPSA) is 32.6 Å². The summed E-state index contributed by atoms with van der Waals surface area (Å²) in [4.78, 5) is 0. The molecule has 1 heterocycles. The molecule has 0 saturated heterocycles. The summed E-state index contributed by atoms with van der Waals surface area (Å²) in [5, 5.41) is 9.19. The van der Waals surface area contributed by atoms with Crippen molar-refractivity contribution in [2.24, 2.45) is 7.05 Å². The van der Waals surface area contributed by atoms with Crippen molar-refractivity contribution in [2.45, 2.75) is 0 Å². The average Bonchev–Trinajstić information content (AvgIpc) is 2.77. The van der Waals surface area contributed by atoms with E-state index in [1.165, 1.54) is 0 Å². The van der Waals surface area contributed by atoms with Gasteiger partial charge < -0.3 is 0 Å². The van der Waals surface area contributed by atoms with Crippen molar-refractivity contribution in [3.05, 3.63) is 60.4 Å². The molecule has 0 aliphatic rings. The quantitative estimate of drug-likeness (QED) is 0.595. The molecule has 2 aromatic carbocycles. The van der Waals surface area contributed by atoms with Crippen LogP contribution < -0.4 is 4.57 Å². The van der Waals surface area contributed by atoms with Crippen molar-refractivity contribution in [1.82, 2.24) is 4.57 Å². The Bertz CT molecular complexity index is 763. The highest BCUT2D eigenvalue weighted by molar-refractivity contribution is 5.74. The lowest BCUT2D eigenvalue weighted by Crippen LogP contribution is -2.25. The molecule has 3 nitrogen and oxygen atoms in total. The van der Waals surface area contributed by atoms with Crippen LogP contribution in [-0.2, 0) is 7.05 Å². The summed E-state index contributed by atoms with van der Waals surface area (Å²) in [5.74, 6) is 0. The molecule has 1 aromatic heterocycles. The SMILES string of the molecule is C[n+]1cn(-c2ccccc2C#N)c2ccccc21. The number of hydrogen-bond acceptors (Lipinski definition) is 1. The molecule has 3 rings (SSSR count). The molecule has 0 saturated carbocycles. The lowest BCUT2D eigenvalue weighted by molar-refractivity contribution is -0.645. The molecular formula is C15H12N3+. The Kier molecular flexibility index (Phi) is 2.35. The highest BCUT2D eigenvalue weighted by atomic mass is 15.1. The molecule has 0 N–H and O–H groups in total. The summed E-state index contributed by atoms with van der Waals surface area (Å²) < 4.78 is 4.11. The van der Waals surface area contributed by atoms with Gasteiger partial charge in [0.15, 0.2) is 16.7 Å². The van der Waals surface area contributed by atoms with Gasteiger partial charge in [-0.05, 0) is 24.3 Å². The molecule has 0 amide bonds. The van der Waals surface area contributed by atoms with Crippen LogP contribution in [0.5, 0.6) is 0 Å². The number of imidazole rings is 1. The van der Waals surface area contributed by atoms with Gasteiger partial charge in [0.05, 0.1) is 12.6 Å². The van der Waals surface area contributed by atoms with Crippen LogP contribution in [0.4, 0.5) is 0 Å². The number of rotatable bonds is 1. The zero-order chi connectivity index (χ0) is 12.5. The molecule has 0 radical (unpaired) electrons. The number of nitriles is 1. The van der Waals surface area contributed by atoms with Crippen LogP contribution in [0, 0.1) is 11.3 Å². The lowest BCUT2D eigenvalue weighted by atomic mass is 10.2. The standard InChI is InChI=1S/C15H12N3/c1-17-11-18(15-9-5-4-8-14(15)17)13-7-3-2-6-12(13)10-16/h2-9,11H,1H3/q+1. The highest BCUT2D eigenvalue weighted by Gasteiger charge is 2.16. The third-order valence-corrected chi connectivity index (χ3v) is 3.09. The molecule has 18 heavy (non-hydrogen) atoms. The number of fused-ring (bicyclic) bond motifs is 1.